The molecule has 1 unspecified atom stereocenters. The molecule has 0 aliphatic carbocycles. The number of benzene rings is 1. The number of anilines is 2. The molecular weight excluding hydrogens is 471 g/mol. The Morgan fingerprint density at radius 1 is 1.03 bits per heavy atom. The van der Waals surface area contributed by atoms with Crippen LogP contribution in [0.3, 0.4) is 0 Å². The van der Waals surface area contributed by atoms with E-state index in [1.165, 1.54) is 41.0 Å². The molecule has 1 aromatic carbocycles. The molecule has 2 aliphatic rings. The van der Waals surface area contributed by atoms with Crippen molar-refractivity contribution >= 4 is 17.8 Å². The van der Waals surface area contributed by atoms with E-state index in [1.54, 1.807) is 43.3 Å². The van der Waals surface area contributed by atoms with Gasteiger partial charge in [-0.05, 0) is 24.6 Å². The fraction of sp³-hybridized carbons (Fsp3) is 0.308. The van der Waals surface area contributed by atoms with Crippen LogP contribution in [0.1, 0.15) is 40.5 Å². The molecule has 0 spiro atoms. The number of aryl methyl sites for hydroxylation is 1. The van der Waals surface area contributed by atoms with E-state index in [-0.39, 0.29) is 16.1 Å². The minimum atomic E-state index is -3.26. The Hall–Kier alpha value is -4.25. The summed E-state index contributed by atoms with van der Waals surface area (Å²) in [6, 6.07) is 5.45. The van der Waals surface area contributed by atoms with Gasteiger partial charge in [0.2, 0.25) is 11.8 Å². The Kier molecular flexibility index (Phi) is 3.84. The lowest BCUT2D eigenvalue weighted by atomic mass is 9.87. The first-order valence-electron chi connectivity index (χ1n) is 15.3. The van der Waals surface area contributed by atoms with Gasteiger partial charge in [-0.1, -0.05) is 16.5 Å². The van der Waals surface area contributed by atoms with Crippen LogP contribution in [0.2, 0.25) is 0 Å². The summed E-state index contributed by atoms with van der Waals surface area (Å²) < 4.78 is 87.8. The molecule has 3 aromatic heterocycles. The van der Waals surface area contributed by atoms with E-state index in [1.807, 2.05) is 0 Å². The predicted molar refractivity (Wildman–Crippen MR) is 135 cm³/mol. The molecule has 6 rings (SSSR count). The second kappa shape index (κ2) is 9.00. The zero-order chi connectivity index (χ0) is 32.7. The van der Waals surface area contributed by atoms with Crippen molar-refractivity contribution in [2.45, 2.75) is 18.4 Å². The minimum Gasteiger partial charge on any atom is -0.347 e. The van der Waals surface area contributed by atoms with Crippen molar-refractivity contribution < 1.29 is 19.7 Å². The van der Waals surface area contributed by atoms with Crippen molar-refractivity contribution in [2.24, 2.45) is 12.8 Å². The monoisotopic (exact) mass is 507 g/mol. The second-order valence-electron chi connectivity index (χ2n) is 8.80. The lowest BCUT2D eigenvalue weighted by molar-refractivity contribution is -0.589. The number of hydrogen-bond donors (Lipinski definition) is 1. The van der Waals surface area contributed by atoms with Gasteiger partial charge in [0.05, 0.1) is 28.6 Å². The summed E-state index contributed by atoms with van der Waals surface area (Å²) in [5.41, 5.74) is 6.86. The van der Waals surface area contributed by atoms with E-state index in [0.717, 1.165) is 11.9 Å². The van der Waals surface area contributed by atoms with Crippen LogP contribution in [-0.2, 0) is 12.6 Å². The van der Waals surface area contributed by atoms with Gasteiger partial charge in [-0.3, -0.25) is 4.68 Å². The van der Waals surface area contributed by atoms with Gasteiger partial charge in [-0.2, -0.15) is 5.10 Å². The summed E-state index contributed by atoms with van der Waals surface area (Å²) >= 11 is 0. The summed E-state index contributed by atoms with van der Waals surface area (Å²) in [4.78, 5) is 13.0. The number of halogens is 1. The molecule has 1 saturated heterocycles. The largest absolute Gasteiger partial charge is 0.347 e. The summed E-state index contributed by atoms with van der Waals surface area (Å²) in [6.45, 7) is -11.4. The van der Waals surface area contributed by atoms with Crippen molar-refractivity contribution in [3.05, 3.63) is 89.5 Å². The molecule has 0 bridgehead atoms. The first-order valence-corrected chi connectivity index (χ1v) is 11.3. The predicted octanol–water partition coefficient (Wildman–Crippen LogP) is 0.563. The van der Waals surface area contributed by atoms with Gasteiger partial charge in [-0.25, -0.2) is 19.3 Å². The lowest BCUT2D eigenvalue weighted by Crippen LogP contribution is -2.51. The molecule has 188 valence electrons. The van der Waals surface area contributed by atoms with Crippen LogP contribution in [-0.4, -0.2) is 55.8 Å². The third kappa shape index (κ3) is 4.31. The Morgan fingerprint density at radius 3 is 2.41 bits per heavy atom. The van der Waals surface area contributed by atoms with E-state index >= 15 is 0 Å². The molecule has 0 amide bonds. The highest BCUT2D eigenvalue weighted by Crippen LogP contribution is 2.26. The van der Waals surface area contributed by atoms with Gasteiger partial charge in [0.25, 0.3) is 5.35 Å². The fourth-order valence-electron chi connectivity index (χ4n) is 4.10. The maximum Gasteiger partial charge on any atom is 0.277 e. The van der Waals surface area contributed by atoms with Gasteiger partial charge >= 0.3 is 0 Å². The normalized spacial score (nSPS) is 27.3. The molecule has 5 heterocycles. The van der Waals surface area contributed by atoms with E-state index in [9.17, 15) is 4.39 Å². The average Bonchev–Trinajstić information content (AvgIpc) is 3.59. The summed E-state index contributed by atoms with van der Waals surface area (Å²) in [5, 5.41) is 8.46. The highest BCUT2D eigenvalue weighted by atomic mass is 19.1. The molecule has 2 atom stereocenters. The van der Waals surface area contributed by atoms with Gasteiger partial charge in [0.15, 0.2) is 12.5 Å². The van der Waals surface area contributed by atoms with Crippen molar-refractivity contribution in [3.63, 3.8) is 0 Å². The van der Waals surface area contributed by atoms with Gasteiger partial charge in [0, 0.05) is 73.9 Å². The van der Waals surface area contributed by atoms with Crippen LogP contribution in [0.25, 0.3) is 6.08 Å². The van der Waals surface area contributed by atoms with Crippen molar-refractivity contribution in [1.29, 1.82) is 0 Å². The van der Waals surface area contributed by atoms with Crippen molar-refractivity contribution in [3.8, 4) is 0 Å². The molecule has 10 nitrogen and oxygen atoms in total. The highest BCUT2D eigenvalue weighted by molar-refractivity contribution is 5.48. The van der Waals surface area contributed by atoms with Crippen LogP contribution in [0.15, 0.2) is 55.4 Å². The standard InChI is InChI=1S/C26H28FN10/c1-26(28,20-3-5-22(27)6-4-20)21-13-29-25(30-14-21)36-9-7-35(8-10-36)24-23-11-18(16-37(23)33-17-31-24)19-12-32-34(2)15-19/h3-6,11-18H,7-10,28H2,1-2H3/q+1/t18?,26-/m0/s1/i7D2,8D2,9D2,10D2. The first kappa shape index (κ1) is 15.8. The number of piperazine rings is 1. The van der Waals surface area contributed by atoms with Crippen molar-refractivity contribution in [2.75, 3.05) is 35.8 Å². The molecule has 2 N–H and O–H groups in total. The quantitative estimate of drug-likeness (QED) is 0.391. The summed E-state index contributed by atoms with van der Waals surface area (Å²) in [6.07, 6.45) is 10.2. The maximum absolute atomic E-state index is 13.5. The number of aromatic nitrogens is 7. The summed E-state index contributed by atoms with van der Waals surface area (Å²) in [5.74, 6) is -1.82. The first-order chi connectivity index (χ1) is 20.9. The number of fused-ring (bicyclic) bond motifs is 1. The van der Waals surface area contributed by atoms with E-state index in [2.05, 4.69) is 25.1 Å². The number of nitrogens with two attached hydrogens (primary N) is 1. The zero-order valence-electron chi connectivity index (χ0n) is 27.9. The molecule has 0 saturated carbocycles. The smallest absolute Gasteiger partial charge is 0.277 e. The molecule has 0 radical (unpaired) electrons. The Bertz CT molecular complexity index is 1870. The van der Waals surface area contributed by atoms with Crippen LogP contribution in [0.5, 0.6) is 0 Å². The number of hydrogen-bond acceptors (Lipinski definition) is 8. The Labute approximate surface area is 224 Å². The number of rotatable bonds is 5. The number of nitrogens with zero attached hydrogens (tertiary/aromatic N) is 9. The Morgan fingerprint density at radius 2 is 1.73 bits per heavy atom. The van der Waals surface area contributed by atoms with Gasteiger partial charge < -0.3 is 15.5 Å². The lowest BCUT2D eigenvalue weighted by Gasteiger charge is -2.35. The fourth-order valence-corrected chi connectivity index (χ4v) is 4.10. The van der Waals surface area contributed by atoms with Crippen molar-refractivity contribution in [1.82, 2.24) is 29.8 Å². The minimum absolute atomic E-state index is 0.141. The maximum atomic E-state index is 13.5. The molecule has 37 heavy (non-hydrogen) atoms. The topological polar surface area (TPSA) is 108 Å². The third-order valence-electron chi connectivity index (χ3n) is 6.22. The zero-order valence-corrected chi connectivity index (χ0v) is 19.9. The van der Waals surface area contributed by atoms with Crippen LogP contribution >= 0.6 is 0 Å². The van der Waals surface area contributed by atoms with E-state index in [4.69, 9.17) is 16.7 Å². The molecular formula is C26H28FN10+. The van der Waals surface area contributed by atoms with Gasteiger partial charge in [0.1, 0.15) is 5.82 Å². The SMILES string of the molecule is [2H]C1([2H])N(c2ncc([C@@](C)(N)c3ccc(F)cc3)cn2)C([2H])([2H])C([2H])([2H])N(c2ncn[n+]3c2=CC(c2cnn(C)c2)C=3)C1([2H])[2H]. The van der Waals surface area contributed by atoms with Crippen LogP contribution < -0.4 is 25.2 Å². The van der Waals surface area contributed by atoms with Gasteiger partial charge in [-0.15, -0.1) is 0 Å². The van der Waals surface area contributed by atoms with E-state index < -0.39 is 49.2 Å². The summed E-state index contributed by atoms with van der Waals surface area (Å²) in [7, 11) is 1.74. The third-order valence-corrected chi connectivity index (χ3v) is 6.22. The molecule has 1 fully saturated rings. The van der Waals surface area contributed by atoms with Crippen LogP contribution in [0.4, 0.5) is 16.2 Å². The van der Waals surface area contributed by atoms with E-state index in [0.29, 0.717) is 16.0 Å². The molecule has 2 aliphatic heterocycles. The Balaban J connectivity index is 1.43. The highest BCUT2D eigenvalue weighted by Gasteiger charge is 2.29. The second-order valence-corrected chi connectivity index (χ2v) is 8.80. The molecule has 11 heteroatoms. The van der Waals surface area contributed by atoms with Crippen LogP contribution in [0, 0.1) is 12.0 Å². The average molecular weight is 508 g/mol. The molecule has 4 aromatic rings.